The molecule has 21 heavy (non-hydrogen) atoms. The normalized spacial score (nSPS) is 11.1. The van der Waals surface area contributed by atoms with E-state index in [1.54, 1.807) is 19.2 Å². The Kier molecular flexibility index (Phi) is 4.66. The van der Waals surface area contributed by atoms with Crippen molar-refractivity contribution in [3.8, 4) is 5.75 Å². The van der Waals surface area contributed by atoms with E-state index in [0.29, 0.717) is 11.3 Å². The number of benzene rings is 1. The van der Waals surface area contributed by atoms with Gasteiger partial charge in [0.1, 0.15) is 5.75 Å². The largest absolute Gasteiger partial charge is 0.497 e. The van der Waals surface area contributed by atoms with Crippen LogP contribution in [-0.2, 0) is 0 Å². The molecule has 108 valence electrons. The highest BCUT2D eigenvalue weighted by Gasteiger charge is 2.05. The smallest absolute Gasteiger partial charge is 0.272 e. The molecule has 1 amide bonds. The van der Waals surface area contributed by atoms with Gasteiger partial charge in [-0.05, 0) is 55.8 Å². The zero-order valence-electron chi connectivity index (χ0n) is 12.3. The first kappa shape index (κ1) is 14.7. The maximum atomic E-state index is 11.9. The third kappa shape index (κ3) is 3.89. The number of amides is 1. The van der Waals surface area contributed by atoms with Gasteiger partial charge in [0.2, 0.25) is 0 Å². The molecule has 5 nitrogen and oxygen atoms in total. The van der Waals surface area contributed by atoms with Crippen molar-refractivity contribution < 1.29 is 9.53 Å². The zero-order chi connectivity index (χ0) is 15.2. The van der Waals surface area contributed by atoms with E-state index >= 15 is 0 Å². The summed E-state index contributed by atoms with van der Waals surface area (Å²) in [5.41, 5.74) is 5.50. The number of carbonyl (C=O) groups excluding carboxylic acids is 1. The Morgan fingerprint density at radius 1 is 1.14 bits per heavy atom. The van der Waals surface area contributed by atoms with E-state index in [1.165, 1.54) is 6.20 Å². The van der Waals surface area contributed by atoms with E-state index in [2.05, 4.69) is 15.5 Å². The SMILES string of the molecule is COc1ccc(C(C)=NNC(=O)c2ccc(C)nc2)cc1. The van der Waals surface area contributed by atoms with Crippen LogP contribution in [0.25, 0.3) is 0 Å². The van der Waals surface area contributed by atoms with Crippen molar-refractivity contribution in [3.05, 3.63) is 59.4 Å². The average Bonchev–Trinajstić information content (AvgIpc) is 2.53. The topological polar surface area (TPSA) is 63.6 Å². The molecule has 0 aliphatic heterocycles. The molecule has 0 spiro atoms. The number of hydrogen-bond acceptors (Lipinski definition) is 4. The highest BCUT2D eigenvalue weighted by atomic mass is 16.5. The van der Waals surface area contributed by atoms with E-state index in [9.17, 15) is 4.79 Å². The van der Waals surface area contributed by atoms with Crippen LogP contribution in [0.15, 0.2) is 47.7 Å². The van der Waals surface area contributed by atoms with Gasteiger partial charge in [0.25, 0.3) is 5.91 Å². The highest BCUT2D eigenvalue weighted by molar-refractivity contribution is 6.00. The highest BCUT2D eigenvalue weighted by Crippen LogP contribution is 2.11. The number of rotatable bonds is 4. The second-order valence-corrected chi connectivity index (χ2v) is 4.55. The second-order valence-electron chi connectivity index (χ2n) is 4.55. The summed E-state index contributed by atoms with van der Waals surface area (Å²) in [6.45, 7) is 3.70. The predicted octanol–water partition coefficient (Wildman–Crippen LogP) is 2.55. The van der Waals surface area contributed by atoms with Crippen LogP contribution in [-0.4, -0.2) is 23.7 Å². The van der Waals surface area contributed by atoms with Gasteiger partial charge < -0.3 is 4.74 Å². The Hall–Kier alpha value is -2.69. The fourth-order valence-electron chi connectivity index (χ4n) is 1.70. The van der Waals surface area contributed by atoms with Gasteiger partial charge in [0.05, 0.1) is 18.4 Å². The summed E-state index contributed by atoms with van der Waals surface area (Å²) in [4.78, 5) is 16.0. The quantitative estimate of drug-likeness (QED) is 0.693. The number of carbonyl (C=O) groups is 1. The van der Waals surface area contributed by atoms with Crippen LogP contribution in [0, 0.1) is 6.92 Å². The van der Waals surface area contributed by atoms with E-state index < -0.39 is 0 Å². The number of nitrogens with zero attached hydrogens (tertiary/aromatic N) is 2. The van der Waals surface area contributed by atoms with E-state index in [0.717, 1.165) is 17.0 Å². The van der Waals surface area contributed by atoms with Gasteiger partial charge >= 0.3 is 0 Å². The lowest BCUT2D eigenvalue weighted by Gasteiger charge is -2.04. The van der Waals surface area contributed by atoms with Gasteiger partial charge in [0, 0.05) is 11.9 Å². The summed E-state index contributed by atoms with van der Waals surface area (Å²) < 4.78 is 5.10. The second kappa shape index (κ2) is 6.65. The Labute approximate surface area is 123 Å². The van der Waals surface area contributed by atoms with Gasteiger partial charge in [-0.1, -0.05) is 0 Å². The van der Waals surface area contributed by atoms with Crippen LogP contribution >= 0.6 is 0 Å². The van der Waals surface area contributed by atoms with Gasteiger partial charge in [-0.3, -0.25) is 9.78 Å². The molecule has 0 aliphatic carbocycles. The molecular formula is C16H17N3O2. The molecule has 0 saturated carbocycles. The summed E-state index contributed by atoms with van der Waals surface area (Å²) in [6.07, 6.45) is 1.53. The molecule has 1 N–H and O–H groups in total. The van der Waals surface area contributed by atoms with Gasteiger partial charge in [-0.2, -0.15) is 5.10 Å². The molecule has 1 heterocycles. The third-order valence-corrected chi connectivity index (χ3v) is 3.01. The Morgan fingerprint density at radius 3 is 2.38 bits per heavy atom. The standard InChI is InChI=1S/C16H17N3O2/c1-11-4-5-14(10-17-11)16(20)19-18-12(2)13-6-8-15(21-3)9-7-13/h4-10H,1-3H3,(H,19,20). The molecule has 2 aromatic rings. The first-order chi connectivity index (χ1) is 10.1. The average molecular weight is 283 g/mol. The monoisotopic (exact) mass is 283 g/mol. The van der Waals surface area contributed by atoms with E-state index in [-0.39, 0.29) is 5.91 Å². The third-order valence-electron chi connectivity index (χ3n) is 3.01. The predicted molar refractivity (Wildman–Crippen MR) is 81.6 cm³/mol. The number of nitrogens with one attached hydrogen (secondary N) is 1. The summed E-state index contributed by atoms with van der Waals surface area (Å²) in [6, 6.07) is 11.0. The van der Waals surface area contributed by atoms with Crippen LogP contribution in [0.5, 0.6) is 5.75 Å². The van der Waals surface area contributed by atoms with Crippen molar-refractivity contribution in [2.24, 2.45) is 5.10 Å². The summed E-state index contributed by atoms with van der Waals surface area (Å²) >= 11 is 0. The molecule has 1 aromatic carbocycles. The van der Waals surface area contributed by atoms with Crippen molar-refractivity contribution in [1.82, 2.24) is 10.4 Å². The van der Waals surface area contributed by atoms with Gasteiger partial charge in [-0.15, -0.1) is 0 Å². The lowest BCUT2D eigenvalue weighted by Crippen LogP contribution is -2.19. The minimum absolute atomic E-state index is 0.282. The summed E-state index contributed by atoms with van der Waals surface area (Å²) in [7, 11) is 1.62. The summed E-state index contributed by atoms with van der Waals surface area (Å²) in [5, 5.41) is 4.10. The van der Waals surface area contributed by atoms with E-state index in [4.69, 9.17) is 4.74 Å². The number of hydrogen-bond donors (Lipinski definition) is 1. The molecular weight excluding hydrogens is 266 g/mol. The lowest BCUT2D eigenvalue weighted by atomic mass is 10.1. The molecule has 0 radical (unpaired) electrons. The van der Waals surface area contributed by atoms with Crippen LogP contribution < -0.4 is 10.2 Å². The van der Waals surface area contributed by atoms with Crippen LogP contribution in [0.3, 0.4) is 0 Å². The zero-order valence-corrected chi connectivity index (χ0v) is 12.3. The van der Waals surface area contributed by atoms with Crippen molar-refractivity contribution in [3.63, 3.8) is 0 Å². The number of hydrazone groups is 1. The Balaban J connectivity index is 2.05. The Morgan fingerprint density at radius 2 is 1.81 bits per heavy atom. The number of aromatic nitrogens is 1. The number of methoxy groups -OCH3 is 1. The maximum absolute atomic E-state index is 11.9. The van der Waals surface area contributed by atoms with Crippen LogP contribution in [0.1, 0.15) is 28.5 Å². The van der Waals surface area contributed by atoms with E-state index in [1.807, 2.05) is 38.1 Å². The van der Waals surface area contributed by atoms with Crippen molar-refractivity contribution >= 4 is 11.6 Å². The molecule has 0 atom stereocenters. The van der Waals surface area contributed by atoms with Crippen LogP contribution in [0.2, 0.25) is 0 Å². The molecule has 1 aromatic heterocycles. The fraction of sp³-hybridized carbons (Fsp3) is 0.188. The minimum Gasteiger partial charge on any atom is -0.497 e. The molecule has 0 aliphatic rings. The first-order valence-electron chi connectivity index (χ1n) is 6.52. The summed E-state index contributed by atoms with van der Waals surface area (Å²) in [5.74, 6) is 0.497. The molecule has 0 saturated heterocycles. The number of pyridine rings is 1. The van der Waals surface area contributed by atoms with Crippen molar-refractivity contribution in [1.29, 1.82) is 0 Å². The lowest BCUT2D eigenvalue weighted by molar-refractivity contribution is 0.0954. The fourth-order valence-corrected chi connectivity index (χ4v) is 1.70. The molecule has 0 unspecified atom stereocenters. The van der Waals surface area contributed by atoms with Gasteiger partial charge in [0.15, 0.2) is 0 Å². The minimum atomic E-state index is -0.282. The number of aryl methyl sites for hydroxylation is 1. The molecule has 0 fully saturated rings. The molecule has 2 rings (SSSR count). The van der Waals surface area contributed by atoms with Crippen LogP contribution in [0.4, 0.5) is 0 Å². The maximum Gasteiger partial charge on any atom is 0.272 e. The molecule has 0 bridgehead atoms. The molecule has 5 heteroatoms. The van der Waals surface area contributed by atoms with Gasteiger partial charge in [-0.25, -0.2) is 5.43 Å². The first-order valence-corrected chi connectivity index (χ1v) is 6.52. The van der Waals surface area contributed by atoms with Crippen molar-refractivity contribution in [2.45, 2.75) is 13.8 Å². The van der Waals surface area contributed by atoms with Crippen molar-refractivity contribution in [2.75, 3.05) is 7.11 Å². The number of ether oxygens (including phenoxy) is 1. The Bertz CT molecular complexity index is 646.